The highest BCUT2D eigenvalue weighted by Crippen LogP contribution is 2.26. The summed E-state index contributed by atoms with van der Waals surface area (Å²) in [6.07, 6.45) is 1.51. The van der Waals surface area contributed by atoms with Crippen LogP contribution in [0.25, 0.3) is 22.3 Å². The van der Waals surface area contributed by atoms with Crippen LogP contribution in [0.4, 0.5) is 0 Å². The third-order valence-corrected chi connectivity index (χ3v) is 5.74. The number of aromatic nitrogens is 2. The SMILES string of the molecule is CCn1c(COC(C)/C(C)=C/N=C(\C)Cl)nc(=O)c(-c2cccc(-c3ccccc3)c2)c1C. The maximum atomic E-state index is 13.1. The number of hydrogen-bond donors (Lipinski definition) is 0. The molecular weight excluding hydrogens is 434 g/mol. The lowest BCUT2D eigenvalue weighted by atomic mass is 9.99. The van der Waals surface area contributed by atoms with Crippen LogP contribution < -0.4 is 5.56 Å². The number of hydrogen-bond acceptors (Lipinski definition) is 4. The Morgan fingerprint density at radius 2 is 1.79 bits per heavy atom. The van der Waals surface area contributed by atoms with E-state index in [-0.39, 0.29) is 18.3 Å². The van der Waals surface area contributed by atoms with Gasteiger partial charge in [-0.25, -0.2) is 4.99 Å². The summed E-state index contributed by atoms with van der Waals surface area (Å²) < 4.78 is 8.03. The first kappa shape index (κ1) is 24.6. The highest BCUT2D eigenvalue weighted by atomic mass is 35.5. The van der Waals surface area contributed by atoms with E-state index in [4.69, 9.17) is 16.3 Å². The number of benzene rings is 2. The third-order valence-electron chi connectivity index (χ3n) is 5.65. The molecule has 3 aromatic rings. The van der Waals surface area contributed by atoms with Gasteiger partial charge in [-0.1, -0.05) is 60.1 Å². The lowest BCUT2D eigenvalue weighted by Crippen LogP contribution is -2.24. The van der Waals surface area contributed by atoms with E-state index in [9.17, 15) is 4.79 Å². The van der Waals surface area contributed by atoms with Crippen molar-refractivity contribution in [1.29, 1.82) is 0 Å². The van der Waals surface area contributed by atoms with Crippen molar-refractivity contribution < 1.29 is 4.74 Å². The molecular formula is C27H30ClN3O2. The first-order valence-electron chi connectivity index (χ1n) is 11.1. The molecule has 3 rings (SSSR count). The second kappa shape index (κ2) is 11.2. The number of nitrogens with zero attached hydrogens (tertiary/aromatic N) is 3. The molecule has 172 valence electrons. The molecule has 1 aromatic heterocycles. The Morgan fingerprint density at radius 3 is 2.45 bits per heavy atom. The van der Waals surface area contributed by atoms with Gasteiger partial charge in [-0.3, -0.25) is 4.79 Å². The van der Waals surface area contributed by atoms with Gasteiger partial charge in [-0.15, -0.1) is 0 Å². The number of halogens is 1. The molecule has 2 aromatic carbocycles. The van der Waals surface area contributed by atoms with Gasteiger partial charge in [-0.2, -0.15) is 4.98 Å². The van der Waals surface area contributed by atoms with E-state index in [1.165, 1.54) is 0 Å². The summed E-state index contributed by atoms with van der Waals surface area (Å²) in [5.41, 5.74) is 5.22. The molecule has 0 aliphatic rings. The maximum Gasteiger partial charge on any atom is 0.281 e. The van der Waals surface area contributed by atoms with Crippen molar-refractivity contribution in [2.45, 2.75) is 53.9 Å². The van der Waals surface area contributed by atoms with Crippen molar-refractivity contribution in [3.63, 3.8) is 0 Å². The second-order valence-corrected chi connectivity index (χ2v) is 8.48. The second-order valence-electron chi connectivity index (χ2n) is 7.94. The van der Waals surface area contributed by atoms with E-state index in [1.54, 1.807) is 13.1 Å². The number of rotatable bonds is 8. The Kier molecular flexibility index (Phi) is 8.37. The van der Waals surface area contributed by atoms with Crippen LogP contribution in [0.15, 0.2) is 76.2 Å². The van der Waals surface area contributed by atoms with Gasteiger partial charge in [-0.05, 0) is 62.9 Å². The van der Waals surface area contributed by atoms with Gasteiger partial charge in [0.15, 0.2) is 0 Å². The number of ether oxygens (including phenoxy) is 1. The molecule has 0 spiro atoms. The molecule has 0 fully saturated rings. The lowest BCUT2D eigenvalue weighted by Gasteiger charge is -2.19. The van der Waals surface area contributed by atoms with E-state index in [2.05, 4.69) is 28.2 Å². The van der Waals surface area contributed by atoms with Crippen LogP contribution in [0.1, 0.15) is 39.2 Å². The fraction of sp³-hybridized carbons (Fsp3) is 0.296. The van der Waals surface area contributed by atoms with E-state index >= 15 is 0 Å². The molecule has 0 N–H and O–H groups in total. The maximum absolute atomic E-state index is 13.1. The van der Waals surface area contributed by atoms with Gasteiger partial charge >= 0.3 is 0 Å². The summed E-state index contributed by atoms with van der Waals surface area (Å²) in [5, 5.41) is 0.464. The Balaban J connectivity index is 1.93. The van der Waals surface area contributed by atoms with Crippen molar-refractivity contribution in [3.8, 4) is 22.3 Å². The monoisotopic (exact) mass is 463 g/mol. The fourth-order valence-electron chi connectivity index (χ4n) is 3.69. The van der Waals surface area contributed by atoms with Crippen LogP contribution in [0.2, 0.25) is 0 Å². The summed E-state index contributed by atoms with van der Waals surface area (Å²) in [5.74, 6) is 0.611. The molecule has 6 heteroatoms. The van der Waals surface area contributed by atoms with Gasteiger partial charge in [0.1, 0.15) is 17.6 Å². The fourth-order valence-corrected chi connectivity index (χ4v) is 3.74. The van der Waals surface area contributed by atoms with Crippen LogP contribution in [0.5, 0.6) is 0 Å². The van der Waals surface area contributed by atoms with E-state index < -0.39 is 0 Å². The van der Waals surface area contributed by atoms with Crippen LogP contribution in [-0.4, -0.2) is 20.8 Å². The van der Waals surface area contributed by atoms with Gasteiger partial charge in [0.2, 0.25) is 0 Å². The average Bonchev–Trinajstić information content (AvgIpc) is 2.81. The molecule has 1 unspecified atom stereocenters. The normalized spacial score (nSPS) is 13.3. The molecule has 0 saturated heterocycles. The van der Waals surface area contributed by atoms with Crippen LogP contribution in [0, 0.1) is 6.92 Å². The largest absolute Gasteiger partial charge is 0.366 e. The zero-order chi connectivity index (χ0) is 24.0. The molecule has 1 atom stereocenters. The van der Waals surface area contributed by atoms with E-state index in [0.29, 0.717) is 23.1 Å². The minimum atomic E-state index is -0.247. The molecule has 0 amide bonds. The first-order valence-corrected chi connectivity index (χ1v) is 11.4. The van der Waals surface area contributed by atoms with Crippen molar-refractivity contribution in [1.82, 2.24) is 9.55 Å². The Hall–Kier alpha value is -3.02. The van der Waals surface area contributed by atoms with Gasteiger partial charge < -0.3 is 9.30 Å². The quantitative estimate of drug-likeness (QED) is 0.364. The van der Waals surface area contributed by atoms with Crippen LogP contribution in [0.3, 0.4) is 0 Å². The average molecular weight is 464 g/mol. The highest BCUT2D eigenvalue weighted by molar-refractivity contribution is 6.64. The predicted molar refractivity (Wildman–Crippen MR) is 137 cm³/mol. The standard InChI is InChI=1S/C27H30ClN3O2/c1-6-31-19(3)26(24-14-10-13-23(15-24)22-11-8-7-9-12-22)27(32)30-25(31)17-33-20(4)18(2)16-29-21(5)28/h7-16,20H,6,17H2,1-5H3/b18-16+,29-21+. The predicted octanol–water partition coefficient (Wildman–Crippen LogP) is 6.37. The minimum Gasteiger partial charge on any atom is -0.366 e. The Bertz CT molecular complexity index is 1230. The lowest BCUT2D eigenvalue weighted by molar-refractivity contribution is 0.0690. The molecule has 0 radical (unpaired) electrons. The summed E-state index contributed by atoms with van der Waals surface area (Å²) in [6, 6.07) is 18.2. The summed E-state index contributed by atoms with van der Waals surface area (Å²) in [7, 11) is 0. The van der Waals surface area contributed by atoms with Crippen molar-refractivity contribution in [2.24, 2.45) is 4.99 Å². The summed E-state index contributed by atoms with van der Waals surface area (Å²) in [4.78, 5) is 21.6. The van der Waals surface area contributed by atoms with Crippen molar-refractivity contribution in [3.05, 3.63) is 88.2 Å². The minimum absolute atomic E-state index is 0.186. The highest BCUT2D eigenvalue weighted by Gasteiger charge is 2.17. The summed E-state index contributed by atoms with van der Waals surface area (Å²) >= 11 is 5.80. The first-order chi connectivity index (χ1) is 15.8. The zero-order valence-electron chi connectivity index (χ0n) is 19.8. The van der Waals surface area contributed by atoms with Gasteiger partial charge in [0, 0.05) is 18.4 Å². The topological polar surface area (TPSA) is 56.5 Å². The smallest absolute Gasteiger partial charge is 0.281 e. The van der Waals surface area contributed by atoms with Crippen molar-refractivity contribution in [2.75, 3.05) is 0 Å². The summed E-state index contributed by atoms with van der Waals surface area (Å²) in [6.45, 7) is 10.5. The van der Waals surface area contributed by atoms with E-state index in [0.717, 1.165) is 28.0 Å². The van der Waals surface area contributed by atoms with Crippen LogP contribution >= 0.6 is 11.6 Å². The Labute approximate surface area is 200 Å². The Morgan fingerprint density at radius 1 is 1.12 bits per heavy atom. The third kappa shape index (κ3) is 6.06. The number of aliphatic imine (C=N–C) groups is 1. The van der Waals surface area contributed by atoms with Crippen LogP contribution in [-0.2, 0) is 17.9 Å². The molecule has 0 saturated carbocycles. The van der Waals surface area contributed by atoms with Gasteiger partial charge in [0.25, 0.3) is 5.56 Å². The molecule has 0 aliphatic carbocycles. The van der Waals surface area contributed by atoms with Crippen molar-refractivity contribution >= 4 is 16.8 Å². The molecule has 1 heterocycles. The molecule has 5 nitrogen and oxygen atoms in total. The van der Waals surface area contributed by atoms with E-state index in [1.807, 2.05) is 68.7 Å². The molecule has 0 aliphatic heterocycles. The zero-order valence-corrected chi connectivity index (χ0v) is 20.6. The van der Waals surface area contributed by atoms with Gasteiger partial charge in [0.05, 0.1) is 11.7 Å². The molecule has 33 heavy (non-hydrogen) atoms. The molecule has 0 bridgehead atoms.